The molecule has 254 valence electrons. The highest BCUT2D eigenvalue weighted by atomic mass is 35.5. The first kappa shape index (κ1) is 32.5. The topological polar surface area (TPSA) is 79.0 Å². The molecule has 0 saturated carbocycles. The molecule has 0 aliphatic carbocycles. The van der Waals surface area contributed by atoms with Crippen LogP contribution in [0.3, 0.4) is 0 Å². The van der Waals surface area contributed by atoms with Crippen LogP contribution in [0.1, 0.15) is 63.6 Å². The highest BCUT2D eigenvalue weighted by molar-refractivity contribution is 6.39. The van der Waals surface area contributed by atoms with Gasteiger partial charge < -0.3 is 9.64 Å². The number of nitrogens with one attached hydrogen (secondary N) is 1. The van der Waals surface area contributed by atoms with Crippen LogP contribution in [-0.4, -0.2) is 30.9 Å². The number of barbiturate groups is 1. The molecule has 8 rings (SSSR count). The number of carbonyl (C=O) groups excluding carboxylic acids is 3. The molecule has 0 radical (unpaired) electrons. The summed E-state index contributed by atoms with van der Waals surface area (Å²) in [5.74, 6) is -0.803. The summed E-state index contributed by atoms with van der Waals surface area (Å²) in [4.78, 5) is 44.6. The molecule has 1 N–H and O–H groups in total. The van der Waals surface area contributed by atoms with Crippen molar-refractivity contribution in [3.8, 4) is 5.75 Å². The summed E-state index contributed by atoms with van der Waals surface area (Å²) < 4.78 is 5.96. The predicted molar refractivity (Wildman–Crippen MR) is 200 cm³/mol. The molecule has 1 saturated heterocycles. The van der Waals surface area contributed by atoms with E-state index in [0.29, 0.717) is 28.6 Å². The molecule has 0 unspecified atom stereocenters. The number of carbonyl (C=O) groups is 3. The smallest absolute Gasteiger partial charge is 0.335 e. The lowest BCUT2D eigenvalue weighted by Crippen LogP contribution is -2.54. The highest BCUT2D eigenvalue weighted by Crippen LogP contribution is 2.50. The van der Waals surface area contributed by atoms with Crippen molar-refractivity contribution in [2.75, 3.05) is 22.9 Å². The van der Waals surface area contributed by atoms with Crippen LogP contribution in [0.4, 0.5) is 16.2 Å². The van der Waals surface area contributed by atoms with Crippen molar-refractivity contribution >= 4 is 46.9 Å². The van der Waals surface area contributed by atoms with E-state index in [1.165, 1.54) is 22.9 Å². The normalized spacial score (nSPS) is 19.2. The summed E-state index contributed by atoms with van der Waals surface area (Å²) in [6.45, 7) is 4.21. The van der Waals surface area contributed by atoms with Gasteiger partial charge in [0, 0.05) is 30.6 Å². The minimum absolute atomic E-state index is 0.0825. The molecule has 4 amide bonds. The fourth-order valence-electron chi connectivity index (χ4n) is 7.71. The molecule has 3 aliphatic rings. The Balaban J connectivity index is 1.16. The first-order valence-corrected chi connectivity index (χ1v) is 17.6. The number of hydrogen-bond donors (Lipinski definition) is 1. The maximum absolute atomic E-state index is 14.2. The molecule has 8 heteroatoms. The van der Waals surface area contributed by atoms with E-state index in [0.717, 1.165) is 53.1 Å². The van der Waals surface area contributed by atoms with Crippen molar-refractivity contribution in [3.05, 3.63) is 165 Å². The molecule has 5 aromatic rings. The van der Waals surface area contributed by atoms with E-state index >= 15 is 0 Å². The lowest BCUT2D eigenvalue weighted by molar-refractivity contribution is -0.122. The van der Waals surface area contributed by atoms with Gasteiger partial charge in [-0.05, 0) is 83.5 Å². The fourth-order valence-corrected chi connectivity index (χ4v) is 7.96. The highest BCUT2D eigenvalue weighted by Gasteiger charge is 2.40. The molecule has 51 heavy (non-hydrogen) atoms. The summed E-state index contributed by atoms with van der Waals surface area (Å²) in [6.07, 6.45) is 3.29. The van der Waals surface area contributed by atoms with Crippen LogP contribution >= 0.6 is 11.6 Å². The molecule has 0 bridgehead atoms. The second-order valence-corrected chi connectivity index (χ2v) is 13.8. The molecule has 0 aromatic heterocycles. The molecular weight excluding hydrogens is 658 g/mol. The van der Waals surface area contributed by atoms with E-state index in [-0.39, 0.29) is 17.4 Å². The van der Waals surface area contributed by atoms with Gasteiger partial charge in [-0.15, -0.1) is 0 Å². The third kappa shape index (κ3) is 6.30. The van der Waals surface area contributed by atoms with Gasteiger partial charge in [0.25, 0.3) is 11.8 Å². The zero-order chi connectivity index (χ0) is 35.1. The number of nitrogens with zero attached hydrogens (tertiary/aromatic N) is 2. The van der Waals surface area contributed by atoms with Crippen molar-refractivity contribution < 1.29 is 19.1 Å². The number of anilines is 2. The van der Waals surface area contributed by atoms with Crippen LogP contribution in [0.25, 0.3) is 6.08 Å². The minimum atomic E-state index is -0.775. The zero-order valence-corrected chi connectivity index (χ0v) is 28.9. The quantitative estimate of drug-likeness (QED) is 0.136. The molecule has 3 aliphatic heterocycles. The third-order valence-corrected chi connectivity index (χ3v) is 10.4. The van der Waals surface area contributed by atoms with Gasteiger partial charge in [-0.1, -0.05) is 108 Å². The molecule has 2 atom stereocenters. The molecular formula is C43H36ClN3O4. The zero-order valence-electron chi connectivity index (χ0n) is 28.1. The maximum Gasteiger partial charge on any atom is 0.335 e. The van der Waals surface area contributed by atoms with E-state index in [2.05, 4.69) is 34.5 Å². The van der Waals surface area contributed by atoms with Crippen molar-refractivity contribution in [1.29, 1.82) is 0 Å². The average Bonchev–Trinajstić information content (AvgIpc) is 3.14. The number of rotatable bonds is 7. The second kappa shape index (κ2) is 13.6. The number of ether oxygens (including phenoxy) is 1. The SMILES string of the molecule is Cc1cccc(COc2ccc(/C=C3\C(=O)NC(=O)N(c4cc5c6c(c4)[C@H](c4ccccc4)CCN6CC[C@H]5c4ccccc4)C3=O)cc2Cl)c1. The van der Waals surface area contributed by atoms with Gasteiger partial charge in [-0.2, -0.15) is 0 Å². The van der Waals surface area contributed by atoms with Crippen LogP contribution in [0.5, 0.6) is 5.75 Å². The molecule has 1 fully saturated rings. The average molecular weight is 694 g/mol. The Kier molecular flexibility index (Phi) is 8.66. The number of halogens is 1. The Labute approximate surface area is 302 Å². The van der Waals surface area contributed by atoms with Crippen molar-refractivity contribution in [3.63, 3.8) is 0 Å². The fraction of sp³-hybridized carbons (Fsp3) is 0.186. The van der Waals surface area contributed by atoms with Gasteiger partial charge >= 0.3 is 6.03 Å². The van der Waals surface area contributed by atoms with Crippen molar-refractivity contribution in [1.82, 2.24) is 5.32 Å². The second-order valence-electron chi connectivity index (χ2n) is 13.4. The van der Waals surface area contributed by atoms with Gasteiger partial charge in [-0.3, -0.25) is 14.9 Å². The monoisotopic (exact) mass is 693 g/mol. The largest absolute Gasteiger partial charge is 0.487 e. The van der Waals surface area contributed by atoms with Crippen LogP contribution in [0.15, 0.2) is 121 Å². The Bertz CT molecular complexity index is 2130. The van der Waals surface area contributed by atoms with Crippen LogP contribution in [-0.2, 0) is 16.2 Å². The van der Waals surface area contributed by atoms with Gasteiger partial charge in [-0.25, -0.2) is 9.69 Å². The molecule has 5 aromatic carbocycles. The Hall–Kier alpha value is -5.66. The Morgan fingerprint density at radius 2 is 1.43 bits per heavy atom. The number of aryl methyl sites for hydroxylation is 1. The van der Waals surface area contributed by atoms with Crippen molar-refractivity contribution in [2.24, 2.45) is 0 Å². The first-order chi connectivity index (χ1) is 24.8. The summed E-state index contributed by atoms with van der Waals surface area (Å²) >= 11 is 6.60. The van der Waals surface area contributed by atoms with E-state index in [1.807, 2.05) is 79.7 Å². The lowest BCUT2D eigenvalue weighted by atomic mass is 9.76. The number of hydrogen-bond acceptors (Lipinski definition) is 5. The van der Waals surface area contributed by atoms with Crippen LogP contribution < -0.4 is 19.9 Å². The summed E-state index contributed by atoms with van der Waals surface area (Å²) in [7, 11) is 0. The number of urea groups is 1. The predicted octanol–water partition coefficient (Wildman–Crippen LogP) is 8.77. The molecule has 3 heterocycles. The lowest BCUT2D eigenvalue weighted by Gasteiger charge is -2.44. The van der Waals surface area contributed by atoms with Gasteiger partial charge in [0.2, 0.25) is 0 Å². The van der Waals surface area contributed by atoms with E-state index < -0.39 is 17.8 Å². The number of amides is 4. The minimum Gasteiger partial charge on any atom is -0.487 e. The Morgan fingerprint density at radius 3 is 2.04 bits per heavy atom. The molecule has 0 spiro atoms. The van der Waals surface area contributed by atoms with E-state index in [4.69, 9.17) is 16.3 Å². The standard InChI is InChI=1S/C43H36ClN3O4/c1-27-9-8-10-29(21-27)26-51-39-16-15-28(23-38(39)44)22-37-41(48)45-43(50)47(42(37)49)32-24-35-33(30-11-4-2-5-12-30)17-19-46-20-18-34(36(25-32)40(35)46)31-13-6-3-7-14-31/h2-16,21-25,33-34H,17-20,26H2,1H3,(H,45,48,50)/b37-22+/t33-,34-/m0/s1. The van der Waals surface area contributed by atoms with E-state index in [1.54, 1.807) is 18.2 Å². The summed E-state index contributed by atoms with van der Waals surface area (Å²) in [5, 5.41) is 2.75. The Morgan fingerprint density at radius 1 is 0.784 bits per heavy atom. The van der Waals surface area contributed by atoms with Crippen molar-refractivity contribution in [2.45, 2.75) is 38.2 Å². The van der Waals surface area contributed by atoms with Gasteiger partial charge in [0.1, 0.15) is 17.9 Å². The maximum atomic E-state index is 14.2. The van der Waals surface area contributed by atoms with Gasteiger partial charge in [0.15, 0.2) is 0 Å². The summed E-state index contributed by atoms with van der Waals surface area (Å²) in [6, 6.07) is 37.0. The van der Waals surface area contributed by atoms with Gasteiger partial charge in [0.05, 0.1) is 10.7 Å². The number of benzene rings is 5. The summed E-state index contributed by atoms with van der Waals surface area (Å²) in [5.41, 5.74) is 8.66. The third-order valence-electron chi connectivity index (χ3n) is 10.1. The molecule has 7 nitrogen and oxygen atoms in total. The van der Waals surface area contributed by atoms with Crippen LogP contribution in [0.2, 0.25) is 5.02 Å². The van der Waals surface area contributed by atoms with E-state index in [9.17, 15) is 14.4 Å². The van der Waals surface area contributed by atoms with Crippen LogP contribution in [0, 0.1) is 6.92 Å². The first-order valence-electron chi connectivity index (χ1n) is 17.3. The number of imide groups is 2.